The first-order valence-corrected chi connectivity index (χ1v) is 8.52. The van der Waals surface area contributed by atoms with Crippen molar-refractivity contribution in [2.45, 2.75) is 18.9 Å². The minimum Gasteiger partial charge on any atom is -0.494 e. The van der Waals surface area contributed by atoms with Gasteiger partial charge in [-0.05, 0) is 25.5 Å². The average molecular weight is 377 g/mol. The molecule has 1 saturated heterocycles. The van der Waals surface area contributed by atoms with Crippen molar-refractivity contribution in [1.29, 1.82) is 0 Å². The Kier molecular flexibility index (Phi) is 6.98. The fraction of sp³-hybridized carbons (Fsp3) is 0.562. The number of halogens is 2. The van der Waals surface area contributed by atoms with Gasteiger partial charge in [-0.15, -0.1) is 0 Å². The smallest absolute Gasteiger partial charge is 0.259 e. The van der Waals surface area contributed by atoms with E-state index in [1.165, 1.54) is 20.3 Å². The number of benzene rings is 1. The molecule has 0 saturated carbocycles. The number of nitrogens with zero attached hydrogens (tertiary/aromatic N) is 1. The molecule has 1 aromatic rings. The number of hydrogen-bond acceptors (Lipinski definition) is 5. The van der Waals surface area contributed by atoms with Crippen molar-refractivity contribution < 1.29 is 19.4 Å². The molecule has 1 aromatic carbocycles. The van der Waals surface area contributed by atoms with Gasteiger partial charge >= 0.3 is 0 Å². The van der Waals surface area contributed by atoms with Crippen LogP contribution in [0.3, 0.4) is 0 Å². The molecule has 134 valence electrons. The molecule has 1 amide bonds. The van der Waals surface area contributed by atoms with Crippen LogP contribution in [-0.4, -0.2) is 62.4 Å². The normalized spacial score (nSPS) is 17.8. The number of β-amino-alcohol motifs (C(OH)–C–C–N with tert-alkyl or cyclic N) is 1. The second-order valence-electron chi connectivity index (χ2n) is 5.55. The summed E-state index contributed by atoms with van der Waals surface area (Å²) in [5.74, 6) is 0.104. The number of likely N-dealkylation sites (tertiary alicyclic amines) is 1. The number of carbonyl (C=O) groups is 1. The zero-order valence-electron chi connectivity index (χ0n) is 13.8. The van der Waals surface area contributed by atoms with Crippen LogP contribution in [-0.2, 0) is 0 Å². The molecule has 0 aromatic heterocycles. The third-order valence-corrected chi connectivity index (χ3v) is 4.72. The Morgan fingerprint density at radius 1 is 1.33 bits per heavy atom. The van der Waals surface area contributed by atoms with Crippen LogP contribution in [0.1, 0.15) is 23.2 Å². The van der Waals surface area contributed by atoms with E-state index in [0.29, 0.717) is 13.1 Å². The molecule has 24 heavy (non-hydrogen) atoms. The summed E-state index contributed by atoms with van der Waals surface area (Å²) < 4.78 is 10.5. The highest BCUT2D eigenvalue weighted by molar-refractivity contribution is 6.37. The van der Waals surface area contributed by atoms with Gasteiger partial charge in [-0.1, -0.05) is 23.2 Å². The van der Waals surface area contributed by atoms with Crippen LogP contribution in [0.5, 0.6) is 11.5 Å². The standard InChI is InChI=1S/C16H22Cl2N2O4/c1-23-14-11(17)8-12(18)15(24-2)13(14)16(22)19-9-10-4-3-5-20(10)6-7-21/h8,10,21H,3-7,9H2,1-2H3,(H,19,22). The highest BCUT2D eigenvalue weighted by Gasteiger charge is 2.27. The number of carbonyl (C=O) groups excluding carboxylic acids is 1. The fourth-order valence-corrected chi connectivity index (χ4v) is 3.66. The Morgan fingerprint density at radius 2 is 1.96 bits per heavy atom. The van der Waals surface area contributed by atoms with Crippen molar-refractivity contribution in [1.82, 2.24) is 10.2 Å². The summed E-state index contributed by atoms with van der Waals surface area (Å²) in [6.07, 6.45) is 2.03. The van der Waals surface area contributed by atoms with Crippen molar-refractivity contribution in [2.75, 3.05) is 40.5 Å². The number of nitrogens with one attached hydrogen (secondary N) is 1. The van der Waals surface area contributed by atoms with E-state index in [0.717, 1.165) is 19.4 Å². The van der Waals surface area contributed by atoms with Crippen LogP contribution >= 0.6 is 23.2 Å². The maximum Gasteiger partial charge on any atom is 0.259 e. The van der Waals surface area contributed by atoms with Gasteiger partial charge in [0.1, 0.15) is 5.56 Å². The first-order valence-electron chi connectivity index (χ1n) is 7.76. The van der Waals surface area contributed by atoms with Crippen molar-refractivity contribution in [2.24, 2.45) is 0 Å². The lowest BCUT2D eigenvalue weighted by Gasteiger charge is -2.24. The van der Waals surface area contributed by atoms with Gasteiger partial charge < -0.3 is 19.9 Å². The van der Waals surface area contributed by atoms with Crippen molar-refractivity contribution in [3.63, 3.8) is 0 Å². The summed E-state index contributed by atoms with van der Waals surface area (Å²) in [7, 11) is 2.87. The maximum atomic E-state index is 12.7. The maximum absolute atomic E-state index is 12.7. The number of ether oxygens (including phenoxy) is 2. The molecule has 1 fully saturated rings. The SMILES string of the molecule is COc1c(Cl)cc(Cl)c(OC)c1C(=O)NCC1CCCN1CCO. The molecule has 1 aliphatic heterocycles. The summed E-state index contributed by atoms with van der Waals surface area (Å²) in [5, 5.41) is 12.5. The first kappa shape index (κ1) is 19.1. The van der Waals surface area contributed by atoms with E-state index in [2.05, 4.69) is 10.2 Å². The van der Waals surface area contributed by atoms with E-state index < -0.39 is 0 Å². The number of aliphatic hydroxyl groups is 1. The third kappa shape index (κ3) is 4.06. The second kappa shape index (κ2) is 8.76. The van der Waals surface area contributed by atoms with Crippen molar-refractivity contribution in [3.05, 3.63) is 21.7 Å². The fourth-order valence-electron chi connectivity index (χ4n) is 3.04. The van der Waals surface area contributed by atoms with Crippen LogP contribution in [0.4, 0.5) is 0 Å². The Bertz CT molecular complexity index is 570. The van der Waals surface area contributed by atoms with Crippen LogP contribution in [0.25, 0.3) is 0 Å². The Labute approximate surface area is 151 Å². The van der Waals surface area contributed by atoms with Gasteiger partial charge in [0.05, 0.1) is 30.9 Å². The molecule has 0 bridgehead atoms. The van der Waals surface area contributed by atoms with Crippen LogP contribution in [0.2, 0.25) is 10.0 Å². The van der Waals surface area contributed by atoms with Crippen molar-refractivity contribution >= 4 is 29.1 Å². The molecular weight excluding hydrogens is 355 g/mol. The van der Waals surface area contributed by atoms with E-state index in [1.807, 2.05) is 0 Å². The predicted octanol–water partition coefficient (Wildman–Crippen LogP) is 2.20. The average Bonchev–Trinajstić information content (AvgIpc) is 2.99. The summed E-state index contributed by atoms with van der Waals surface area (Å²) in [6, 6.07) is 1.69. The van der Waals surface area contributed by atoms with E-state index in [-0.39, 0.29) is 45.7 Å². The number of amides is 1. The molecule has 1 unspecified atom stereocenters. The van der Waals surface area contributed by atoms with E-state index >= 15 is 0 Å². The van der Waals surface area contributed by atoms with E-state index in [1.54, 1.807) is 0 Å². The van der Waals surface area contributed by atoms with Crippen LogP contribution in [0.15, 0.2) is 6.07 Å². The van der Waals surface area contributed by atoms with Crippen molar-refractivity contribution in [3.8, 4) is 11.5 Å². The van der Waals surface area contributed by atoms with E-state index in [4.69, 9.17) is 37.8 Å². The number of methoxy groups -OCH3 is 2. The van der Waals surface area contributed by atoms with Gasteiger partial charge in [0.2, 0.25) is 0 Å². The third-order valence-electron chi connectivity index (χ3n) is 4.16. The number of aliphatic hydroxyl groups excluding tert-OH is 1. The molecular formula is C16H22Cl2N2O4. The highest BCUT2D eigenvalue weighted by Crippen LogP contribution is 2.40. The highest BCUT2D eigenvalue weighted by atomic mass is 35.5. The lowest BCUT2D eigenvalue weighted by atomic mass is 10.1. The summed E-state index contributed by atoms with van der Waals surface area (Å²) in [5.41, 5.74) is 0.184. The minimum atomic E-state index is -0.357. The summed E-state index contributed by atoms with van der Waals surface area (Å²) >= 11 is 12.2. The number of hydrogen-bond donors (Lipinski definition) is 2. The predicted molar refractivity (Wildman–Crippen MR) is 93.6 cm³/mol. The first-order chi connectivity index (χ1) is 11.5. The molecule has 1 atom stereocenters. The quantitative estimate of drug-likeness (QED) is 0.763. The molecule has 8 heteroatoms. The number of rotatable bonds is 7. The Balaban J connectivity index is 2.17. The van der Waals surface area contributed by atoms with Gasteiger partial charge in [0.25, 0.3) is 5.91 Å². The molecule has 6 nitrogen and oxygen atoms in total. The molecule has 2 rings (SSSR count). The topological polar surface area (TPSA) is 71.0 Å². The van der Waals surface area contributed by atoms with Gasteiger partial charge in [-0.2, -0.15) is 0 Å². The lowest BCUT2D eigenvalue weighted by Crippen LogP contribution is -2.41. The minimum absolute atomic E-state index is 0.107. The molecule has 0 radical (unpaired) electrons. The second-order valence-corrected chi connectivity index (χ2v) is 6.36. The Hall–Kier alpha value is -1.21. The molecule has 1 aliphatic rings. The van der Waals surface area contributed by atoms with Crippen LogP contribution in [0, 0.1) is 0 Å². The summed E-state index contributed by atoms with van der Waals surface area (Å²) in [6.45, 7) is 2.11. The van der Waals surface area contributed by atoms with Gasteiger partial charge in [0.15, 0.2) is 11.5 Å². The van der Waals surface area contributed by atoms with Gasteiger partial charge in [-0.3, -0.25) is 9.69 Å². The lowest BCUT2D eigenvalue weighted by molar-refractivity contribution is 0.0931. The Morgan fingerprint density at radius 3 is 2.50 bits per heavy atom. The zero-order chi connectivity index (χ0) is 17.7. The van der Waals surface area contributed by atoms with Crippen LogP contribution < -0.4 is 14.8 Å². The van der Waals surface area contributed by atoms with E-state index in [9.17, 15) is 4.79 Å². The molecule has 1 heterocycles. The molecule has 0 aliphatic carbocycles. The monoisotopic (exact) mass is 376 g/mol. The van der Waals surface area contributed by atoms with Gasteiger partial charge in [-0.25, -0.2) is 0 Å². The largest absolute Gasteiger partial charge is 0.494 e. The zero-order valence-corrected chi connectivity index (χ0v) is 15.3. The summed E-state index contributed by atoms with van der Waals surface area (Å²) in [4.78, 5) is 14.8. The molecule has 0 spiro atoms. The van der Waals surface area contributed by atoms with Gasteiger partial charge in [0, 0.05) is 19.1 Å². The molecule has 2 N–H and O–H groups in total.